The molecule has 5 nitrogen and oxygen atoms in total. The Hall–Kier alpha value is -2.58. The third kappa shape index (κ3) is 3.34. The van der Waals surface area contributed by atoms with Crippen LogP contribution >= 0.6 is 0 Å². The normalized spacial score (nSPS) is 17.5. The standard InChI is InChI=1S/C19H20N2O3/c1-13(11-16(22)17-3-2-10-24-17)21-18(23)14-4-6-15(7-5-14)19(12-20)8-9-19/h2-7,10,13,16,22H,8-9,11H2,1H3,(H,21,23). The molecular formula is C19H20N2O3. The Kier molecular flexibility index (Phi) is 4.41. The summed E-state index contributed by atoms with van der Waals surface area (Å²) in [7, 11) is 0. The number of amides is 1. The molecule has 2 atom stereocenters. The average Bonchev–Trinajstić information content (AvgIpc) is 3.19. The maximum atomic E-state index is 12.3. The zero-order valence-electron chi connectivity index (χ0n) is 13.5. The van der Waals surface area contributed by atoms with Crippen LogP contribution in [-0.2, 0) is 5.41 Å². The van der Waals surface area contributed by atoms with Gasteiger partial charge in [-0.3, -0.25) is 4.79 Å². The predicted molar refractivity (Wildman–Crippen MR) is 88.2 cm³/mol. The first-order valence-corrected chi connectivity index (χ1v) is 8.08. The average molecular weight is 324 g/mol. The minimum atomic E-state index is -0.747. The van der Waals surface area contributed by atoms with Crippen LogP contribution in [0.25, 0.3) is 0 Å². The molecule has 0 saturated heterocycles. The van der Waals surface area contributed by atoms with E-state index in [1.165, 1.54) is 6.26 Å². The number of nitrogens with zero attached hydrogens (tertiary/aromatic N) is 1. The van der Waals surface area contributed by atoms with Gasteiger partial charge in [0.1, 0.15) is 11.9 Å². The number of benzene rings is 1. The molecule has 3 rings (SSSR count). The summed E-state index contributed by atoms with van der Waals surface area (Å²) in [6, 6.07) is 12.8. The molecule has 2 unspecified atom stereocenters. The van der Waals surface area contributed by atoms with Gasteiger partial charge >= 0.3 is 0 Å². The molecule has 2 aromatic rings. The highest BCUT2D eigenvalue weighted by atomic mass is 16.4. The monoisotopic (exact) mass is 324 g/mol. The van der Waals surface area contributed by atoms with Crippen molar-refractivity contribution < 1.29 is 14.3 Å². The smallest absolute Gasteiger partial charge is 0.251 e. The van der Waals surface area contributed by atoms with Gasteiger partial charge in [0.15, 0.2) is 0 Å². The van der Waals surface area contributed by atoms with Gasteiger partial charge in [-0.25, -0.2) is 0 Å². The van der Waals surface area contributed by atoms with Crippen LogP contribution in [0.15, 0.2) is 47.1 Å². The highest BCUT2D eigenvalue weighted by Crippen LogP contribution is 2.47. The van der Waals surface area contributed by atoms with E-state index in [-0.39, 0.29) is 17.4 Å². The van der Waals surface area contributed by atoms with Crippen molar-refractivity contribution in [3.8, 4) is 6.07 Å². The molecule has 1 saturated carbocycles. The number of nitriles is 1. The van der Waals surface area contributed by atoms with Crippen molar-refractivity contribution in [2.24, 2.45) is 0 Å². The maximum Gasteiger partial charge on any atom is 0.251 e. The zero-order chi connectivity index (χ0) is 17.2. The quantitative estimate of drug-likeness (QED) is 0.855. The molecule has 1 aromatic heterocycles. The number of carbonyl (C=O) groups excluding carboxylic acids is 1. The van der Waals surface area contributed by atoms with Gasteiger partial charge in [-0.2, -0.15) is 5.26 Å². The van der Waals surface area contributed by atoms with Crippen molar-refractivity contribution in [3.63, 3.8) is 0 Å². The lowest BCUT2D eigenvalue weighted by molar-refractivity contribution is 0.0903. The van der Waals surface area contributed by atoms with Crippen molar-refractivity contribution in [1.82, 2.24) is 5.32 Å². The minimum absolute atomic E-state index is 0.192. The van der Waals surface area contributed by atoms with Crippen LogP contribution in [0.2, 0.25) is 0 Å². The van der Waals surface area contributed by atoms with E-state index in [4.69, 9.17) is 4.42 Å². The number of hydrogen-bond donors (Lipinski definition) is 2. The molecule has 2 N–H and O–H groups in total. The summed E-state index contributed by atoms with van der Waals surface area (Å²) in [6.07, 6.45) is 2.91. The maximum absolute atomic E-state index is 12.3. The Labute approximate surface area is 140 Å². The van der Waals surface area contributed by atoms with Gasteiger partial charge in [-0.05, 0) is 49.6 Å². The first-order valence-electron chi connectivity index (χ1n) is 8.08. The van der Waals surface area contributed by atoms with Crippen LogP contribution < -0.4 is 5.32 Å². The number of carbonyl (C=O) groups is 1. The highest BCUT2D eigenvalue weighted by molar-refractivity contribution is 5.94. The Morgan fingerprint density at radius 1 is 1.38 bits per heavy atom. The minimum Gasteiger partial charge on any atom is -0.467 e. The summed E-state index contributed by atoms with van der Waals surface area (Å²) >= 11 is 0. The molecule has 1 fully saturated rings. The fourth-order valence-corrected chi connectivity index (χ4v) is 2.83. The fraction of sp³-hybridized carbons (Fsp3) is 0.368. The first-order chi connectivity index (χ1) is 11.5. The molecule has 24 heavy (non-hydrogen) atoms. The largest absolute Gasteiger partial charge is 0.467 e. The second-order valence-corrected chi connectivity index (χ2v) is 6.41. The molecule has 1 aliphatic rings. The second-order valence-electron chi connectivity index (χ2n) is 6.41. The first kappa shape index (κ1) is 16.3. The van der Waals surface area contributed by atoms with E-state index in [1.54, 1.807) is 24.3 Å². The van der Waals surface area contributed by atoms with Crippen LogP contribution in [-0.4, -0.2) is 17.1 Å². The Morgan fingerprint density at radius 3 is 2.62 bits per heavy atom. The molecule has 5 heteroatoms. The summed E-state index contributed by atoms with van der Waals surface area (Å²) in [5.41, 5.74) is 1.18. The number of hydrogen-bond acceptors (Lipinski definition) is 4. The lowest BCUT2D eigenvalue weighted by Gasteiger charge is -2.17. The zero-order valence-corrected chi connectivity index (χ0v) is 13.5. The number of aliphatic hydroxyl groups is 1. The van der Waals surface area contributed by atoms with E-state index in [1.807, 2.05) is 19.1 Å². The van der Waals surface area contributed by atoms with Crippen molar-refractivity contribution in [1.29, 1.82) is 5.26 Å². The topological polar surface area (TPSA) is 86.3 Å². The van der Waals surface area contributed by atoms with Crippen molar-refractivity contribution in [2.75, 3.05) is 0 Å². The second kappa shape index (κ2) is 6.50. The van der Waals surface area contributed by atoms with E-state index < -0.39 is 6.10 Å². The van der Waals surface area contributed by atoms with E-state index in [9.17, 15) is 15.2 Å². The molecule has 0 aliphatic heterocycles. The van der Waals surface area contributed by atoms with Crippen LogP contribution in [0.3, 0.4) is 0 Å². The SMILES string of the molecule is CC(CC(O)c1ccco1)NC(=O)c1ccc(C2(C#N)CC2)cc1. The van der Waals surface area contributed by atoms with Crippen LogP contribution in [0, 0.1) is 11.3 Å². The summed E-state index contributed by atoms with van der Waals surface area (Å²) in [5.74, 6) is 0.300. The summed E-state index contributed by atoms with van der Waals surface area (Å²) in [6.45, 7) is 1.84. The predicted octanol–water partition coefficient (Wildman–Crippen LogP) is 3.08. The lowest BCUT2D eigenvalue weighted by Crippen LogP contribution is -2.33. The molecule has 1 aliphatic carbocycles. The Bertz CT molecular complexity index is 740. The molecular weight excluding hydrogens is 304 g/mol. The summed E-state index contributed by atoms with van der Waals surface area (Å²) in [4.78, 5) is 12.3. The number of furan rings is 1. The molecule has 0 radical (unpaired) electrons. The molecule has 1 amide bonds. The fourth-order valence-electron chi connectivity index (χ4n) is 2.83. The van der Waals surface area contributed by atoms with Gasteiger partial charge in [0, 0.05) is 18.0 Å². The van der Waals surface area contributed by atoms with Gasteiger partial charge < -0.3 is 14.8 Å². The molecule has 0 spiro atoms. The number of aliphatic hydroxyl groups excluding tert-OH is 1. The van der Waals surface area contributed by atoms with Gasteiger partial charge in [0.2, 0.25) is 0 Å². The molecule has 124 valence electrons. The van der Waals surface area contributed by atoms with E-state index in [0.717, 1.165) is 18.4 Å². The van der Waals surface area contributed by atoms with Crippen molar-refractivity contribution in [2.45, 2.75) is 43.7 Å². The molecule has 1 aromatic carbocycles. The number of nitrogens with one attached hydrogen (secondary N) is 1. The van der Waals surface area contributed by atoms with Gasteiger partial charge in [-0.15, -0.1) is 0 Å². The van der Waals surface area contributed by atoms with Crippen molar-refractivity contribution >= 4 is 5.91 Å². The number of rotatable bonds is 6. The van der Waals surface area contributed by atoms with E-state index >= 15 is 0 Å². The molecule has 0 bridgehead atoms. The lowest BCUT2D eigenvalue weighted by atomic mass is 9.96. The van der Waals surface area contributed by atoms with Crippen LogP contribution in [0.5, 0.6) is 0 Å². The Balaban J connectivity index is 1.57. The van der Waals surface area contributed by atoms with Gasteiger partial charge in [0.05, 0.1) is 17.7 Å². The van der Waals surface area contributed by atoms with Crippen molar-refractivity contribution in [3.05, 3.63) is 59.5 Å². The molecule has 1 heterocycles. The van der Waals surface area contributed by atoms with E-state index in [0.29, 0.717) is 17.7 Å². The Morgan fingerprint density at radius 2 is 2.08 bits per heavy atom. The van der Waals surface area contributed by atoms with Crippen LogP contribution in [0.1, 0.15) is 54.0 Å². The van der Waals surface area contributed by atoms with Gasteiger partial charge in [0.25, 0.3) is 5.91 Å². The summed E-state index contributed by atoms with van der Waals surface area (Å²) < 4.78 is 5.16. The third-order valence-corrected chi connectivity index (χ3v) is 4.49. The third-order valence-electron chi connectivity index (χ3n) is 4.49. The summed E-state index contributed by atoms with van der Waals surface area (Å²) in [5, 5.41) is 22.1. The van der Waals surface area contributed by atoms with Crippen LogP contribution in [0.4, 0.5) is 0 Å². The van der Waals surface area contributed by atoms with Gasteiger partial charge in [-0.1, -0.05) is 12.1 Å². The highest BCUT2D eigenvalue weighted by Gasteiger charge is 2.44. The van der Waals surface area contributed by atoms with E-state index in [2.05, 4.69) is 11.4 Å².